The lowest BCUT2D eigenvalue weighted by molar-refractivity contribution is 0.672. The van der Waals surface area contributed by atoms with Gasteiger partial charge in [-0.2, -0.15) is 0 Å². The number of aryl methyl sites for hydroxylation is 1. The van der Waals surface area contributed by atoms with Crippen LogP contribution >= 0.6 is 0 Å². The molecule has 0 saturated heterocycles. The minimum Gasteiger partial charge on any atom is -0.455 e. The van der Waals surface area contributed by atoms with E-state index in [0.29, 0.717) is 0 Å². The van der Waals surface area contributed by atoms with Crippen LogP contribution in [0.15, 0.2) is 59.0 Å². The average molecular weight is 232 g/mol. The number of hydrogen-bond donors (Lipinski definition) is 0. The zero-order chi connectivity index (χ0) is 12.1. The molecule has 18 heavy (non-hydrogen) atoms. The molecular formula is C17H12O. The van der Waals surface area contributed by atoms with E-state index in [1.54, 1.807) is 0 Å². The molecule has 0 aliphatic rings. The van der Waals surface area contributed by atoms with Crippen LogP contribution in [0, 0.1) is 6.92 Å². The lowest BCUT2D eigenvalue weighted by atomic mass is 10.1. The van der Waals surface area contributed by atoms with Gasteiger partial charge in [-0.1, -0.05) is 42.0 Å². The Hall–Kier alpha value is -2.28. The van der Waals surface area contributed by atoms with Gasteiger partial charge in [0.15, 0.2) is 0 Å². The van der Waals surface area contributed by atoms with Crippen LogP contribution in [0.2, 0.25) is 0 Å². The second kappa shape index (κ2) is 3.36. The molecule has 1 heteroatoms. The second-order valence-corrected chi connectivity index (χ2v) is 4.77. The third kappa shape index (κ3) is 1.22. The molecule has 1 aromatic heterocycles. The molecule has 4 rings (SSSR count). The van der Waals surface area contributed by atoms with Gasteiger partial charge in [-0.3, -0.25) is 0 Å². The molecule has 1 heterocycles. The minimum atomic E-state index is 0.965. The molecule has 86 valence electrons. The molecule has 0 aliphatic carbocycles. The number of furan rings is 1. The van der Waals surface area contributed by atoms with E-state index in [1.165, 1.54) is 27.1 Å². The predicted octanol–water partition coefficient (Wildman–Crippen LogP) is 5.05. The predicted molar refractivity (Wildman–Crippen MR) is 76.0 cm³/mol. The Morgan fingerprint density at radius 3 is 2.61 bits per heavy atom. The maximum absolute atomic E-state index is 6.02. The first kappa shape index (κ1) is 9.72. The summed E-state index contributed by atoms with van der Waals surface area (Å²) in [4.78, 5) is 0. The summed E-state index contributed by atoms with van der Waals surface area (Å²) < 4.78 is 6.02. The smallest absolute Gasteiger partial charge is 0.143 e. The normalized spacial score (nSPS) is 11.6. The van der Waals surface area contributed by atoms with E-state index in [2.05, 4.69) is 61.5 Å². The molecule has 1 nitrogen and oxygen atoms in total. The first-order valence-electron chi connectivity index (χ1n) is 6.13. The first-order chi connectivity index (χ1) is 8.83. The molecule has 0 spiro atoms. The quantitative estimate of drug-likeness (QED) is 0.413. The highest BCUT2D eigenvalue weighted by atomic mass is 16.3. The van der Waals surface area contributed by atoms with Gasteiger partial charge in [0.25, 0.3) is 0 Å². The van der Waals surface area contributed by atoms with Crippen molar-refractivity contribution < 1.29 is 4.42 Å². The van der Waals surface area contributed by atoms with Crippen molar-refractivity contribution in [1.29, 1.82) is 0 Å². The van der Waals surface area contributed by atoms with Crippen LogP contribution in [0.4, 0.5) is 0 Å². The van der Waals surface area contributed by atoms with Crippen LogP contribution in [-0.4, -0.2) is 0 Å². The highest BCUT2D eigenvalue weighted by molar-refractivity contribution is 6.14. The highest BCUT2D eigenvalue weighted by Gasteiger charge is 2.09. The Kier molecular flexibility index (Phi) is 1.81. The van der Waals surface area contributed by atoms with Gasteiger partial charge in [-0.25, -0.2) is 0 Å². The molecule has 0 amide bonds. The molecular weight excluding hydrogens is 220 g/mol. The summed E-state index contributed by atoms with van der Waals surface area (Å²) in [5.74, 6) is 0. The van der Waals surface area contributed by atoms with E-state index >= 15 is 0 Å². The molecule has 0 unspecified atom stereocenters. The summed E-state index contributed by atoms with van der Waals surface area (Å²) in [5.41, 5.74) is 3.22. The van der Waals surface area contributed by atoms with Crippen LogP contribution in [0.5, 0.6) is 0 Å². The van der Waals surface area contributed by atoms with Gasteiger partial charge >= 0.3 is 0 Å². The van der Waals surface area contributed by atoms with Gasteiger partial charge < -0.3 is 4.42 Å². The van der Waals surface area contributed by atoms with Crippen molar-refractivity contribution in [3.8, 4) is 0 Å². The van der Waals surface area contributed by atoms with E-state index < -0.39 is 0 Å². The van der Waals surface area contributed by atoms with Crippen LogP contribution in [0.25, 0.3) is 32.7 Å². The first-order valence-corrected chi connectivity index (χ1v) is 6.13. The van der Waals surface area contributed by atoms with E-state index in [4.69, 9.17) is 4.42 Å². The summed E-state index contributed by atoms with van der Waals surface area (Å²) in [7, 11) is 0. The Bertz CT molecular complexity index is 884. The zero-order valence-electron chi connectivity index (χ0n) is 10.1. The molecule has 0 radical (unpaired) electrons. The van der Waals surface area contributed by atoms with Crippen LogP contribution in [0.3, 0.4) is 0 Å². The fourth-order valence-electron chi connectivity index (χ4n) is 2.62. The van der Waals surface area contributed by atoms with Crippen molar-refractivity contribution in [2.75, 3.05) is 0 Å². The third-order valence-corrected chi connectivity index (χ3v) is 3.52. The minimum absolute atomic E-state index is 0.965. The number of hydrogen-bond acceptors (Lipinski definition) is 1. The number of rotatable bonds is 0. The number of fused-ring (bicyclic) bond motifs is 5. The summed E-state index contributed by atoms with van der Waals surface area (Å²) in [6.07, 6.45) is 0. The van der Waals surface area contributed by atoms with Crippen molar-refractivity contribution in [1.82, 2.24) is 0 Å². The van der Waals surface area contributed by atoms with Crippen LogP contribution in [0.1, 0.15) is 5.56 Å². The number of benzene rings is 3. The summed E-state index contributed by atoms with van der Waals surface area (Å²) >= 11 is 0. The van der Waals surface area contributed by atoms with Crippen LogP contribution < -0.4 is 0 Å². The van der Waals surface area contributed by atoms with Crippen molar-refractivity contribution in [3.05, 3.63) is 60.2 Å². The van der Waals surface area contributed by atoms with Crippen molar-refractivity contribution in [2.24, 2.45) is 0 Å². The largest absolute Gasteiger partial charge is 0.455 e. The van der Waals surface area contributed by atoms with Gasteiger partial charge in [0.2, 0.25) is 0 Å². The molecule has 0 aliphatic heterocycles. The van der Waals surface area contributed by atoms with E-state index in [0.717, 1.165) is 11.2 Å². The maximum atomic E-state index is 6.02. The average Bonchev–Trinajstić information content (AvgIpc) is 2.77. The van der Waals surface area contributed by atoms with Gasteiger partial charge in [-0.15, -0.1) is 0 Å². The lowest BCUT2D eigenvalue weighted by Gasteiger charge is -1.97. The van der Waals surface area contributed by atoms with E-state index in [-0.39, 0.29) is 0 Å². The van der Waals surface area contributed by atoms with Crippen LogP contribution in [-0.2, 0) is 0 Å². The molecule has 0 saturated carbocycles. The molecule has 0 bridgehead atoms. The van der Waals surface area contributed by atoms with Crippen molar-refractivity contribution in [2.45, 2.75) is 6.92 Å². The SMILES string of the molecule is Cc1ccc2oc3c4ccccc4ccc3c2c1. The van der Waals surface area contributed by atoms with E-state index in [9.17, 15) is 0 Å². The summed E-state index contributed by atoms with van der Waals surface area (Å²) in [6, 6.07) is 19.0. The van der Waals surface area contributed by atoms with Crippen molar-refractivity contribution >= 4 is 32.7 Å². The molecule has 0 atom stereocenters. The highest BCUT2D eigenvalue weighted by Crippen LogP contribution is 2.34. The Labute approximate surface area is 105 Å². The fourth-order valence-corrected chi connectivity index (χ4v) is 2.62. The molecule has 0 N–H and O–H groups in total. The standard InChI is InChI=1S/C17H12O/c1-11-6-9-16-15(10-11)14-8-7-12-4-2-3-5-13(12)17(14)18-16/h2-10H,1H3. The third-order valence-electron chi connectivity index (χ3n) is 3.52. The Morgan fingerprint density at radius 1 is 0.778 bits per heavy atom. The van der Waals surface area contributed by atoms with Gasteiger partial charge in [0.1, 0.15) is 11.2 Å². The fraction of sp³-hybridized carbons (Fsp3) is 0.0588. The zero-order valence-corrected chi connectivity index (χ0v) is 10.1. The second-order valence-electron chi connectivity index (χ2n) is 4.77. The Balaban J connectivity index is 2.30. The van der Waals surface area contributed by atoms with E-state index in [1.807, 2.05) is 0 Å². The molecule has 4 aromatic rings. The summed E-state index contributed by atoms with van der Waals surface area (Å²) in [5, 5.41) is 4.81. The molecule has 3 aromatic carbocycles. The monoisotopic (exact) mass is 232 g/mol. The lowest BCUT2D eigenvalue weighted by Crippen LogP contribution is -1.73. The molecule has 0 fully saturated rings. The topological polar surface area (TPSA) is 13.1 Å². The summed E-state index contributed by atoms with van der Waals surface area (Å²) in [6.45, 7) is 2.11. The van der Waals surface area contributed by atoms with Gasteiger partial charge in [-0.05, 0) is 30.5 Å². The Morgan fingerprint density at radius 2 is 1.67 bits per heavy atom. The van der Waals surface area contributed by atoms with Crippen molar-refractivity contribution in [3.63, 3.8) is 0 Å². The van der Waals surface area contributed by atoms with Gasteiger partial charge in [0, 0.05) is 16.2 Å². The maximum Gasteiger partial charge on any atom is 0.143 e. The van der Waals surface area contributed by atoms with Gasteiger partial charge in [0.05, 0.1) is 0 Å².